The van der Waals surface area contributed by atoms with Gasteiger partial charge in [0, 0.05) is 43.9 Å². The van der Waals surface area contributed by atoms with Crippen molar-refractivity contribution >= 4 is 35.3 Å². The van der Waals surface area contributed by atoms with Gasteiger partial charge in [-0.2, -0.15) is 13.2 Å². The van der Waals surface area contributed by atoms with Crippen LogP contribution in [0.25, 0.3) is 6.08 Å². The number of aromatic nitrogens is 2. The van der Waals surface area contributed by atoms with Crippen molar-refractivity contribution in [3.05, 3.63) is 53.1 Å². The van der Waals surface area contributed by atoms with E-state index < -0.39 is 29.8 Å². The maximum atomic E-state index is 12.6. The number of carbonyl (C=O) groups is 4. The number of fused-ring (bicyclic) bond motifs is 1. The number of rotatable bonds is 7. The largest absolute Gasteiger partial charge is 0.490 e. The van der Waals surface area contributed by atoms with Crippen LogP contribution >= 0.6 is 0 Å². The van der Waals surface area contributed by atoms with Gasteiger partial charge in [-0.1, -0.05) is 12.1 Å². The smallest absolute Gasteiger partial charge is 0.481 e. The summed E-state index contributed by atoms with van der Waals surface area (Å²) in [6.07, 6.45) is -0.474. The van der Waals surface area contributed by atoms with Gasteiger partial charge in [-0.25, -0.2) is 9.78 Å². The number of hydrogen-bond donors (Lipinski definition) is 4. The molecule has 0 aliphatic heterocycles. The Bertz CT molecular complexity index is 1080. The summed E-state index contributed by atoms with van der Waals surface area (Å²) in [6.45, 7) is 0. The van der Waals surface area contributed by atoms with E-state index in [0.717, 1.165) is 16.8 Å². The van der Waals surface area contributed by atoms with Crippen LogP contribution in [0.3, 0.4) is 0 Å². The number of carboxylic acid groups (broad SMARTS) is 2. The number of nitrogens with one attached hydrogen (secondary N) is 2. The number of carboxylic acids is 2. The topological polar surface area (TPSA) is 149 Å². The molecule has 0 saturated heterocycles. The summed E-state index contributed by atoms with van der Waals surface area (Å²) in [4.78, 5) is 52.2. The Kier molecular flexibility index (Phi) is 8.10. The number of hydrogen-bond acceptors (Lipinski definition) is 6. The lowest BCUT2D eigenvalue weighted by molar-refractivity contribution is -0.192. The third-order valence-electron chi connectivity index (χ3n) is 4.76. The van der Waals surface area contributed by atoms with E-state index in [2.05, 4.69) is 15.3 Å². The lowest BCUT2D eigenvalue weighted by atomic mass is 9.85. The van der Waals surface area contributed by atoms with Crippen LogP contribution in [0.1, 0.15) is 23.2 Å². The highest BCUT2D eigenvalue weighted by molar-refractivity contribution is 6.25. The van der Waals surface area contributed by atoms with Crippen LogP contribution in [0.4, 0.5) is 18.9 Å². The minimum atomic E-state index is -5.08. The zero-order valence-corrected chi connectivity index (χ0v) is 17.3. The molecule has 1 aromatic heterocycles. The van der Waals surface area contributed by atoms with E-state index in [0.29, 0.717) is 5.69 Å². The van der Waals surface area contributed by atoms with Gasteiger partial charge in [0.25, 0.3) is 0 Å². The van der Waals surface area contributed by atoms with Crippen molar-refractivity contribution in [1.29, 1.82) is 0 Å². The number of carbonyl (C=O) groups excluding carboxylic acids is 2. The molecule has 9 nitrogen and oxygen atoms in total. The van der Waals surface area contributed by atoms with Gasteiger partial charge in [0.15, 0.2) is 11.6 Å². The molecule has 33 heavy (non-hydrogen) atoms. The van der Waals surface area contributed by atoms with Gasteiger partial charge in [0.2, 0.25) is 0 Å². The SMILES string of the molecule is CNc1cccc2c1CC(=O)C(C(=O)C[C@@H](Cc1cnc[nH]1)C(=O)O)=C2.O=C(O)C(F)(F)F. The second kappa shape index (κ2) is 10.6. The fourth-order valence-corrected chi connectivity index (χ4v) is 3.14. The molecule has 176 valence electrons. The molecule has 0 radical (unpaired) electrons. The molecule has 1 aliphatic rings. The number of benzene rings is 1. The minimum Gasteiger partial charge on any atom is -0.481 e. The molecule has 0 unspecified atom stereocenters. The van der Waals surface area contributed by atoms with E-state index in [4.69, 9.17) is 9.90 Å². The maximum Gasteiger partial charge on any atom is 0.490 e. The van der Waals surface area contributed by atoms with Crippen molar-refractivity contribution in [2.45, 2.75) is 25.4 Å². The van der Waals surface area contributed by atoms with Crippen LogP contribution in [-0.4, -0.2) is 56.9 Å². The van der Waals surface area contributed by atoms with Crippen molar-refractivity contribution in [3.8, 4) is 0 Å². The van der Waals surface area contributed by atoms with Crippen molar-refractivity contribution in [2.75, 3.05) is 12.4 Å². The molecule has 1 heterocycles. The zero-order valence-electron chi connectivity index (χ0n) is 17.3. The van der Waals surface area contributed by atoms with Gasteiger partial charge < -0.3 is 20.5 Å². The molecule has 12 heteroatoms. The van der Waals surface area contributed by atoms with E-state index in [1.807, 2.05) is 18.2 Å². The second-order valence-corrected chi connectivity index (χ2v) is 7.03. The molecule has 2 aromatic rings. The van der Waals surface area contributed by atoms with Crippen molar-refractivity contribution in [3.63, 3.8) is 0 Å². The van der Waals surface area contributed by atoms with Crippen LogP contribution in [0.5, 0.6) is 0 Å². The molecule has 0 saturated carbocycles. The second-order valence-electron chi connectivity index (χ2n) is 7.03. The molecular formula is C21H20F3N3O6. The van der Waals surface area contributed by atoms with E-state index in [1.165, 1.54) is 12.5 Å². The first-order valence-electron chi connectivity index (χ1n) is 9.52. The highest BCUT2D eigenvalue weighted by atomic mass is 19.4. The third-order valence-corrected chi connectivity index (χ3v) is 4.76. The molecule has 0 amide bonds. The van der Waals surface area contributed by atoms with Gasteiger partial charge in [-0.15, -0.1) is 0 Å². The average molecular weight is 467 g/mol. The first-order valence-corrected chi connectivity index (χ1v) is 9.52. The molecule has 1 aliphatic carbocycles. The number of H-pyrrole nitrogens is 1. The molecule has 3 rings (SSSR count). The monoisotopic (exact) mass is 467 g/mol. The van der Waals surface area contributed by atoms with E-state index in [-0.39, 0.29) is 30.6 Å². The Labute approximate surface area is 185 Å². The first kappa shape index (κ1) is 25.3. The summed E-state index contributed by atoms with van der Waals surface area (Å²) in [7, 11) is 1.78. The van der Waals surface area contributed by atoms with Crippen LogP contribution in [0.15, 0.2) is 36.3 Å². The van der Waals surface area contributed by atoms with Crippen molar-refractivity contribution in [2.24, 2.45) is 5.92 Å². The number of imidazole rings is 1. The molecule has 1 aromatic carbocycles. The van der Waals surface area contributed by atoms with Crippen LogP contribution in [-0.2, 0) is 32.0 Å². The number of allylic oxidation sites excluding steroid dienone is 1. The quantitative estimate of drug-likeness (QED) is 0.454. The Balaban J connectivity index is 0.000000479. The molecule has 0 fully saturated rings. The molecular weight excluding hydrogens is 447 g/mol. The molecule has 1 atom stereocenters. The Morgan fingerprint density at radius 2 is 1.91 bits per heavy atom. The van der Waals surface area contributed by atoms with Gasteiger partial charge in [-0.05, 0) is 23.3 Å². The summed E-state index contributed by atoms with van der Waals surface area (Å²) in [6, 6.07) is 5.56. The molecule has 4 N–H and O–H groups in total. The minimum absolute atomic E-state index is 0.0709. The van der Waals surface area contributed by atoms with Gasteiger partial charge >= 0.3 is 18.1 Å². The van der Waals surface area contributed by atoms with Gasteiger partial charge in [-0.3, -0.25) is 14.4 Å². The van der Waals surface area contributed by atoms with Crippen LogP contribution in [0.2, 0.25) is 0 Å². The number of anilines is 1. The van der Waals surface area contributed by atoms with E-state index >= 15 is 0 Å². The Hall–Kier alpha value is -3.96. The lowest BCUT2D eigenvalue weighted by Gasteiger charge is -2.19. The van der Waals surface area contributed by atoms with E-state index in [1.54, 1.807) is 13.1 Å². The third kappa shape index (κ3) is 6.76. The number of alkyl halides is 3. The predicted octanol–water partition coefficient (Wildman–Crippen LogP) is 2.50. The maximum absolute atomic E-state index is 12.6. The van der Waals surface area contributed by atoms with Crippen LogP contribution in [0, 0.1) is 5.92 Å². The van der Waals surface area contributed by atoms with Crippen molar-refractivity contribution in [1.82, 2.24) is 9.97 Å². The average Bonchev–Trinajstić information content (AvgIpc) is 3.25. The fraction of sp³-hybridized carbons (Fsp3) is 0.286. The van der Waals surface area contributed by atoms with Crippen molar-refractivity contribution < 1.29 is 42.6 Å². The normalized spacial score (nSPS) is 13.7. The van der Waals surface area contributed by atoms with Crippen LogP contribution < -0.4 is 5.32 Å². The predicted molar refractivity (Wildman–Crippen MR) is 109 cm³/mol. The molecule has 0 spiro atoms. The number of nitrogens with zero attached hydrogens (tertiary/aromatic N) is 1. The number of aliphatic carboxylic acids is 2. The van der Waals surface area contributed by atoms with Gasteiger partial charge in [0.05, 0.1) is 17.8 Å². The lowest BCUT2D eigenvalue weighted by Crippen LogP contribution is -2.25. The summed E-state index contributed by atoms with van der Waals surface area (Å²) in [5.74, 6) is -5.47. The van der Waals surface area contributed by atoms with E-state index in [9.17, 15) is 32.7 Å². The standard InChI is InChI=1S/C19H19N3O4.C2HF3O2/c1-20-16-4-2-3-11-6-15(18(24)8-14(11)16)17(23)7-12(19(25)26)5-13-9-21-10-22-13;3-2(4,5)1(6)7/h2-4,6,9-10,12,20H,5,7-8H2,1H3,(H,21,22)(H,25,26);(H,6,7)/t12-;/m1./s1. The summed E-state index contributed by atoms with van der Waals surface area (Å²) in [5.41, 5.74) is 3.21. The summed E-state index contributed by atoms with van der Waals surface area (Å²) >= 11 is 0. The highest BCUT2D eigenvalue weighted by Gasteiger charge is 2.38. The molecule has 0 bridgehead atoms. The fourth-order valence-electron chi connectivity index (χ4n) is 3.14. The number of halogens is 3. The highest BCUT2D eigenvalue weighted by Crippen LogP contribution is 2.29. The number of Topliss-reactive ketones (excluding diaryl/α,β-unsaturated/α-hetero) is 2. The Morgan fingerprint density at radius 3 is 2.42 bits per heavy atom. The number of ketones is 2. The summed E-state index contributed by atoms with van der Waals surface area (Å²) < 4.78 is 31.7. The zero-order chi connectivity index (χ0) is 24.8. The van der Waals surface area contributed by atoms with Gasteiger partial charge in [0.1, 0.15) is 0 Å². The Morgan fingerprint density at radius 1 is 1.24 bits per heavy atom. The summed E-state index contributed by atoms with van der Waals surface area (Å²) in [5, 5.41) is 19.6. The first-order chi connectivity index (χ1) is 15.4. The number of aromatic amines is 1.